The summed E-state index contributed by atoms with van der Waals surface area (Å²) in [4.78, 5) is 25.4. The highest BCUT2D eigenvalue weighted by molar-refractivity contribution is 5.84. The maximum atomic E-state index is 14.1. The van der Waals surface area contributed by atoms with Gasteiger partial charge in [0.15, 0.2) is 0 Å². The van der Waals surface area contributed by atoms with E-state index in [2.05, 4.69) is 0 Å². The van der Waals surface area contributed by atoms with Gasteiger partial charge in [-0.2, -0.15) is 0 Å². The molecule has 0 aliphatic heterocycles. The fraction of sp³-hybridized carbons (Fsp3) is 0.444. The molecule has 0 unspecified atom stereocenters. The van der Waals surface area contributed by atoms with Crippen molar-refractivity contribution in [2.45, 2.75) is 46.6 Å². The normalized spacial score (nSPS) is 11.6. The van der Waals surface area contributed by atoms with E-state index in [-0.39, 0.29) is 11.9 Å². The number of ether oxygens (including phenoxy) is 1. The summed E-state index contributed by atoms with van der Waals surface area (Å²) in [5, 5.41) is 1.71. The van der Waals surface area contributed by atoms with Gasteiger partial charge in [0.25, 0.3) is 5.56 Å². The first kappa shape index (κ1) is 18.0. The van der Waals surface area contributed by atoms with Crippen molar-refractivity contribution in [1.29, 1.82) is 0 Å². The molecule has 130 valence electrons. The lowest BCUT2D eigenvalue weighted by Gasteiger charge is -2.29. The van der Waals surface area contributed by atoms with Gasteiger partial charge in [-0.05, 0) is 51.6 Å². The van der Waals surface area contributed by atoms with Crippen LogP contribution in [0, 0.1) is 12.7 Å². The minimum atomic E-state index is -0.692. The molecule has 5 nitrogen and oxygen atoms in total. The molecule has 0 saturated carbocycles. The second kappa shape index (κ2) is 6.63. The maximum absolute atomic E-state index is 14.1. The summed E-state index contributed by atoms with van der Waals surface area (Å²) < 4.78 is 20.7. The average Bonchev–Trinajstić information content (AvgIpc) is 2.44. The summed E-state index contributed by atoms with van der Waals surface area (Å²) in [5.41, 5.74) is -0.720. The highest BCUT2D eigenvalue weighted by atomic mass is 19.1. The maximum Gasteiger partial charge on any atom is 0.429 e. The van der Waals surface area contributed by atoms with Gasteiger partial charge in [0.05, 0.1) is 5.39 Å². The zero-order valence-electron chi connectivity index (χ0n) is 14.7. The van der Waals surface area contributed by atoms with Gasteiger partial charge in [0.1, 0.15) is 11.4 Å². The van der Waals surface area contributed by atoms with E-state index in [0.717, 1.165) is 0 Å². The number of amides is 1. The molecule has 1 heterocycles. The van der Waals surface area contributed by atoms with Crippen molar-refractivity contribution in [3.63, 3.8) is 0 Å². The van der Waals surface area contributed by atoms with Crippen LogP contribution in [0.25, 0.3) is 10.8 Å². The molecule has 1 aromatic carbocycles. The third-order valence-corrected chi connectivity index (χ3v) is 3.43. The third kappa shape index (κ3) is 3.58. The van der Waals surface area contributed by atoms with Gasteiger partial charge >= 0.3 is 6.09 Å². The van der Waals surface area contributed by atoms with E-state index in [1.54, 1.807) is 45.9 Å². The van der Waals surface area contributed by atoms with Gasteiger partial charge in [-0.15, -0.1) is 0 Å². The van der Waals surface area contributed by atoms with Crippen LogP contribution in [0.15, 0.2) is 29.1 Å². The first-order valence-electron chi connectivity index (χ1n) is 7.97. The molecule has 0 radical (unpaired) electrons. The van der Waals surface area contributed by atoms with Crippen molar-refractivity contribution in [3.8, 4) is 0 Å². The quantitative estimate of drug-likeness (QED) is 0.859. The molecule has 0 aliphatic rings. The summed E-state index contributed by atoms with van der Waals surface area (Å²) in [5.74, 6) is -0.605. The van der Waals surface area contributed by atoms with Crippen LogP contribution in [0.4, 0.5) is 9.18 Å². The smallest absolute Gasteiger partial charge is 0.429 e. The van der Waals surface area contributed by atoms with Gasteiger partial charge in [0, 0.05) is 12.2 Å². The molecular formula is C18H23FN2O3. The molecule has 2 aromatic rings. The Morgan fingerprint density at radius 1 is 1.33 bits per heavy atom. The minimum Gasteiger partial charge on any atom is -0.442 e. The van der Waals surface area contributed by atoms with E-state index in [0.29, 0.717) is 17.5 Å². The Morgan fingerprint density at radius 3 is 2.58 bits per heavy atom. The van der Waals surface area contributed by atoms with E-state index >= 15 is 0 Å². The predicted molar refractivity (Wildman–Crippen MR) is 92.5 cm³/mol. The third-order valence-electron chi connectivity index (χ3n) is 3.43. The topological polar surface area (TPSA) is 51.5 Å². The van der Waals surface area contributed by atoms with E-state index < -0.39 is 23.1 Å². The number of carbonyl (C=O) groups excluding carboxylic acids is 1. The van der Waals surface area contributed by atoms with Crippen LogP contribution in [0.5, 0.6) is 0 Å². The molecule has 0 aliphatic carbocycles. The van der Waals surface area contributed by atoms with Crippen LogP contribution < -0.4 is 10.6 Å². The first-order valence-corrected chi connectivity index (χ1v) is 7.97. The largest absolute Gasteiger partial charge is 0.442 e. The van der Waals surface area contributed by atoms with Gasteiger partial charge in [-0.1, -0.05) is 19.1 Å². The van der Waals surface area contributed by atoms with Crippen LogP contribution in [-0.4, -0.2) is 22.9 Å². The molecule has 0 saturated heterocycles. The summed E-state index contributed by atoms with van der Waals surface area (Å²) >= 11 is 0. The van der Waals surface area contributed by atoms with Crippen molar-refractivity contribution in [1.82, 2.24) is 4.68 Å². The highest BCUT2D eigenvalue weighted by Gasteiger charge is 2.25. The molecule has 0 spiro atoms. The SMILES string of the molecule is CCCN(C(=O)OC(C)(C)C)n1c(C)cc2cccc(F)c2c1=O. The molecule has 0 fully saturated rings. The number of fused-ring (bicyclic) bond motifs is 1. The molecule has 24 heavy (non-hydrogen) atoms. The number of nitrogens with zero attached hydrogens (tertiary/aromatic N) is 2. The number of pyridine rings is 1. The number of aryl methyl sites for hydroxylation is 1. The molecular weight excluding hydrogens is 311 g/mol. The number of benzene rings is 1. The van der Waals surface area contributed by atoms with Crippen molar-refractivity contribution < 1.29 is 13.9 Å². The molecule has 0 N–H and O–H groups in total. The van der Waals surface area contributed by atoms with E-state index in [4.69, 9.17) is 4.74 Å². The number of hydrogen-bond donors (Lipinski definition) is 0. The van der Waals surface area contributed by atoms with Crippen LogP contribution >= 0.6 is 0 Å². The van der Waals surface area contributed by atoms with Crippen molar-refractivity contribution in [2.24, 2.45) is 0 Å². The van der Waals surface area contributed by atoms with Crippen LogP contribution in [0.2, 0.25) is 0 Å². The van der Waals surface area contributed by atoms with E-state index in [1.807, 2.05) is 6.92 Å². The standard InChI is InChI=1S/C18H23FN2O3/c1-6-10-20(17(23)24-18(3,4)5)21-12(2)11-13-8-7-9-14(19)15(13)16(21)22/h7-9,11H,6,10H2,1-5H3. The van der Waals surface area contributed by atoms with Crippen LogP contribution in [-0.2, 0) is 4.74 Å². The number of carbonyl (C=O) groups is 1. The number of aromatic nitrogens is 1. The van der Waals surface area contributed by atoms with Crippen molar-refractivity contribution in [2.75, 3.05) is 11.6 Å². The molecule has 1 amide bonds. The van der Waals surface area contributed by atoms with Gasteiger partial charge in [-0.25, -0.2) is 18.9 Å². The zero-order valence-corrected chi connectivity index (χ0v) is 14.7. The molecule has 0 atom stereocenters. The van der Waals surface area contributed by atoms with Crippen molar-refractivity contribution >= 4 is 16.9 Å². The van der Waals surface area contributed by atoms with E-state index in [1.165, 1.54) is 15.8 Å². The highest BCUT2D eigenvalue weighted by Crippen LogP contribution is 2.17. The Hall–Kier alpha value is -2.37. The van der Waals surface area contributed by atoms with Gasteiger partial charge in [0.2, 0.25) is 0 Å². The predicted octanol–water partition coefficient (Wildman–Crippen LogP) is 3.73. The van der Waals surface area contributed by atoms with E-state index in [9.17, 15) is 14.0 Å². The van der Waals surface area contributed by atoms with Crippen LogP contribution in [0.3, 0.4) is 0 Å². The monoisotopic (exact) mass is 334 g/mol. The number of halogens is 1. The van der Waals surface area contributed by atoms with Crippen LogP contribution in [0.1, 0.15) is 39.8 Å². The molecule has 2 rings (SSSR count). The summed E-state index contributed by atoms with van der Waals surface area (Å²) in [6, 6.07) is 6.15. The fourth-order valence-electron chi connectivity index (χ4n) is 2.54. The Bertz CT molecular complexity index is 821. The summed E-state index contributed by atoms with van der Waals surface area (Å²) in [6.07, 6.45) is -0.00861. The summed E-state index contributed by atoms with van der Waals surface area (Å²) in [7, 11) is 0. The van der Waals surface area contributed by atoms with Gasteiger partial charge in [-0.3, -0.25) is 4.79 Å². The second-order valence-electron chi connectivity index (χ2n) is 6.71. The molecule has 1 aromatic heterocycles. The Balaban J connectivity index is 2.64. The number of hydrogen-bond acceptors (Lipinski definition) is 3. The van der Waals surface area contributed by atoms with Gasteiger partial charge < -0.3 is 4.74 Å². The summed E-state index contributed by atoms with van der Waals surface area (Å²) in [6.45, 7) is 9.15. The van der Waals surface area contributed by atoms with Crippen molar-refractivity contribution in [3.05, 3.63) is 46.1 Å². The molecule has 0 bridgehead atoms. The Kier molecular flexibility index (Phi) is 4.96. The fourth-order valence-corrected chi connectivity index (χ4v) is 2.54. The molecule has 6 heteroatoms. The second-order valence-corrected chi connectivity index (χ2v) is 6.71. The Morgan fingerprint density at radius 2 is 2.00 bits per heavy atom. The first-order chi connectivity index (χ1) is 11.2. The zero-order chi connectivity index (χ0) is 18.1. The lowest BCUT2D eigenvalue weighted by molar-refractivity contribution is 0.0535. The minimum absolute atomic E-state index is 0.0345. The number of rotatable bonds is 3. The lowest BCUT2D eigenvalue weighted by atomic mass is 10.1. The Labute approximate surface area is 140 Å². The average molecular weight is 334 g/mol. The lowest BCUT2D eigenvalue weighted by Crippen LogP contribution is -2.50.